The van der Waals surface area contributed by atoms with E-state index in [1.165, 1.54) is 0 Å². The third-order valence-electron chi connectivity index (χ3n) is 3.45. The van der Waals surface area contributed by atoms with Crippen LogP contribution in [0.5, 0.6) is 0 Å². The molecule has 0 fully saturated rings. The maximum Gasteiger partial charge on any atom is 0.238 e. The maximum atomic E-state index is 9.84. The molecule has 1 aromatic carbocycles. The quantitative estimate of drug-likeness (QED) is 0.725. The Morgan fingerprint density at radius 1 is 1.33 bits per heavy atom. The summed E-state index contributed by atoms with van der Waals surface area (Å²) in [6, 6.07) is 9.60. The van der Waals surface area contributed by atoms with Crippen molar-refractivity contribution in [3.63, 3.8) is 0 Å². The van der Waals surface area contributed by atoms with Gasteiger partial charge in [0.1, 0.15) is 6.61 Å². The van der Waals surface area contributed by atoms with E-state index in [4.69, 9.17) is 5.73 Å². The second-order valence-electron chi connectivity index (χ2n) is 4.99. The summed E-state index contributed by atoms with van der Waals surface area (Å²) in [7, 11) is 3.60. The van der Waals surface area contributed by atoms with Crippen LogP contribution in [-0.4, -0.2) is 51.4 Å². The number of aliphatic imine (C=N–C) groups is 1. The number of aromatic nitrogens is 3. The normalized spacial score (nSPS) is 20.9. The van der Waals surface area contributed by atoms with Gasteiger partial charge in [0.25, 0.3) is 0 Å². The summed E-state index contributed by atoms with van der Waals surface area (Å²) < 4.78 is 1.55. The number of rotatable bonds is 3. The third-order valence-corrected chi connectivity index (χ3v) is 3.45. The molecule has 1 atom stereocenters. The summed E-state index contributed by atoms with van der Waals surface area (Å²) in [6.07, 6.45) is 0. The highest BCUT2D eigenvalue weighted by Crippen LogP contribution is 2.29. The molecule has 0 saturated carbocycles. The van der Waals surface area contributed by atoms with Gasteiger partial charge in [-0.1, -0.05) is 30.3 Å². The summed E-state index contributed by atoms with van der Waals surface area (Å²) in [5.74, 6) is 0.0917. The highest BCUT2D eigenvalue weighted by Gasteiger charge is 2.41. The first kappa shape index (κ1) is 13.5. The van der Waals surface area contributed by atoms with Crippen molar-refractivity contribution >= 4 is 11.9 Å². The van der Waals surface area contributed by atoms with Crippen LogP contribution in [0.25, 0.3) is 11.4 Å². The van der Waals surface area contributed by atoms with Gasteiger partial charge in [-0.25, -0.2) is 4.99 Å². The molecule has 0 radical (unpaired) electrons. The highest BCUT2D eigenvalue weighted by molar-refractivity contribution is 5.92. The zero-order valence-electron chi connectivity index (χ0n) is 11.9. The van der Waals surface area contributed by atoms with Crippen molar-refractivity contribution in [2.45, 2.75) is 5.79 Å². The Balaban J connectivity index is 2.14. The fraction of sp³-hybridized carbons (Fsp3) is 0.308. The van der Waals surface area contributed by atoms with Crippen molar-refractivity contribution in [1.29, 1.82) is 0 Å². The van der Waals surface area contributed by atoms with Crippen molar-refractivity contribution in [1.82, 2.24) is 19.7 Å². The molecule has 110 valence electrons. The van der Waals surface area contributed by atoms with Crippen LogP contribution in [0.3, 0.4) is 0 Å². The third kappa shape index (κ3) is 2.05. The number of nitrogens with one attached hydrogen (secondary N) is 1. The predicted molar refractivity (Wildman–Crippen MR) is 79.4 cm³/mol. The molecule has 0 saturated heterocycles. The number of anilines is 1. The van der Waals surface area contributed by atoms with E-state index in [9.17, 15) is 5.11 Å². The van der Waals surface area contributed by atoms with Gasteiger partial charge in [0, 0.05) is 5.56 Å². The molecule has 0 amide bonds. The molecule has 1 aromatic heterocycles. The Kier molecular flexibility index (Phi) is 3.11. The standard InChI is InChI=1S/C13H17N7O/c1-19(2)13(8-21)17-11(14)16-12-15-10(18-20(12)13)9-6-4-3-5-7-9/h3-7,21H,8H2,1-2H3,(H3,14,15,16,17,18). The number of benzene rings is 1. The van der Waals surface area contributed by atoms with Crippen LogP contribution >= 0.6 is 0 Å². The van der Waals surface area contributed by atoms with Crippen LogP contribution in [0.1, 0.15) is 0 Å². The van der Waals surface area contributed by atoms with Gasteiger partial charge >= 0.3 is 0 Å². The summed E-state index contributed by atoms with van der Waals surface area (Å²) in [5, 5.41) is 17.2. The lowest BCUT2D eigenvalue weighted by Gasteiger charge is -2.37. The van der Waals surface area contributed by atoms with Crippen LogP contribution in [0, 0.1) is 0 Å². The van der Waals surface area contributed by atoms with Crippen LogP contribution in [0.2, 0.25) is 0 Å². The lowest BCUT2D eigenvalue weighted by Crippen LogP contribution is -2.53. The van der Waals surface area contributed by atoms with Crippen LogP contribution < -0.4 is 11.1 Å². The molecule has 2 aromatic rings. The SMILES string of the molecule is CN(C)C1(CO)N=C(N)Nc2nc(-c3ccccc3)nn21. The second kappa shape index (κ2) is 4.83. The van der Waals surface area contributed by atoms with Crippen molar-refractivity contribution in [2.75, 3.05) is 26.0 Å². The van der Waals surface area contributed by atoms with E-state index < -0.39 is 5.79 Å². The first-order valence-electron chi connectivity index (χ1n) is 6.50. The second-order valence-corrected chi connectivity index (χ2v) is 4.99. The van der Waals surface area contributed by atoms with Gasteiger partial charge in [-0.05, 0) is 14.1 Å². The van der Waals surface area contributed by atoms with Crippen LogP contribution in [0.15, 0.2) is 35.3 Å². The molecule has 3 rings (SSSR count). The van der Waals surface area contributed by atoms with E-state index in [-0.39, 0.29) is 12.6 Å². The first-order valence-corrected chi connectivity index (χ1v) is 6.50. The Bertz CT molecular complexity index is 679. The van der Waals surface area contributed by atoms with Gasteiger partial charge in [-0.15, -0.1) is 5.10 Å². The summed E-state index contributed by atoms with van der Waals surface area (Å²) >= 11 is 0. The van der Waals surface area contributed by atoms with Crippen molar-refractivity contribution in [3.05, 3.63) is 30.3 Å². The maximum absolute atomic E-state index is 9.84. The van der Waals surface area contributed by atoms with Gasteiger partial charge in [0.15, 0.2) is 11.8 Å². The molecular formula is C13H17N7O. The largest absolute Gasteiger partial charge is 0.390 e. The van der Waals surface area contributed by atoms with Gasteiger partial charge in [0.05, 0.1) is 0 Å². The molecule has 1 unspecified atom stereocenters. The molecule has 1 aliphatic rings. The smallest absolute Gasteiger partial charge is 0.238 e. The van der Waals surface area contributed by atoms with E-state index in [1.54, 1.807) is 23.7 Å². The topological polar surface area (TPSA) is 105 Å². The summed E-state index contributed by atoms with van der Waals surface area (Å²) in [5.41, 5.74) is 6.69. The summed E-state index contributed by atoms with van der Waals surface area (Å²) in [6.45, 7) is -0.271. The first-order chi connectivity index (χ1) is 10.1. The molecule has 8 nitrogen and oxygen atoms in total. The zero-order chi connectivity index (χ0) is 15.0. The number of hydrogen-bond donors (Lipinski definition) is 3. The number of nitrogens with two attached hydrogens (primary N) is 1. The van der Waals surface area contributed by atoms with Gasteiger partial charge < -0.3 is 10.8 Å². The van der Waals surface area contributed by atoms with Crippen LogP contribution in [0.4, 0.5) is 5.95 Å². The van der Waals surface area contributed by atoms with E-state index in [2.05, 4.69) is 20.4 Å². The number of aliphatic hydroxyl groups is 1. The molecule has 0 bridgehead atoms. The highest BCUT2D eigenvalue weighted by atomic mass is 16.3. The fourth-order valence-corrected chi connectivity index (χ4v) is 2.27. The molecule has 1 aliphatic heterocycles. The van der Waals surface area contributed by atoms with E-state index in [0.29, 0.717) is 11.8 Å². The molecule has 2 heterocycles. The van der Waals surface area contributed by atoms with Gasteiger partial charge in [-0.3, -0.25) is 10.2 Å². The molecular weight excluding hydrogens is 270 g/mol. The van der Waals surface area contributed by atoms with Crippen LogP contribution in [-0.2, 0) is 5.79 Å². The van der Waals surface area contributed by atoms with Crippen molar-refractivity contribution in [2.24, 2.45) is 10.7 Å². The number of fused-ring (bicyclic) bond motifs is 1. The Morgan fingerprint density at radius 2 is 2.05 bits per heavy atom. The van der Waals surface area contributed by atoms with Gasteiger partial charge in [0.2, 0.25) is 11.7 Å². The molecule has 8 heteroatoms. The number of hydrogen-bond acceptors (Lipinski definition) is 7. The fourth-order valence-electron chi connectivity index (χ4n) is 2.27. The molecule has 4 N–H and O–H groups in total. The lowest BCUT2D eigenvalue weighted by molar-refractivity contribution is -0.000367. The lowest BCUT2D eigenvalue weighted by atomic mass is 10.2. The van der Waals surface area contributed by atoms with E-state index >= 15 is 0 Å². The predicted octanol–water partition coefficient (Wildman–Crippen LogP) is -0.151. The van der Waals surface area contributed by atoms with E-state index in [1.807, 2.05) is 30.3 Å². The molecule has 0 spiro atoms. The molecule has 0 aliphatic carbocycles. The summed E-state index contributed by atoms with van der Waals surface area (Å²) in [4.78, 5) is 10.5. The zero-order valence-corrected chi connectivity index (χ0v) is 11.9. The number of nitrogens with zero attached hydrogens (tertiary/aromatic N) is 5. The number of likely N-dealkylation sites (N-methyl/N-ethyl adjacent to an activating group) is 1. The number of guanidine groups is 1. The Hall–Kier alpha value is -2.45. The van der Waals surface area contributed by atoms with Crippen molar-refractivity contribution < 1.29 is 5.11 Å². The average molecular weight is 287 g/mol. The minimum Gasteiger partial charge on any atom is -0.390 e. The minimum absolute atomic E-state index is 0.192. The monoisotopic (exact) mass is 287 g/mol. The average Bonchev–Trinajstić information content (AvgIpc) is 2.91. The minimum atomic E-state index is -1.09. The Labute approximate surface area is 121 Å². The van der Waals surface area contributed by atoms with Gasteiger partial charge in [-0.2, -0.15) is 9.67 Å². The Morgan fingerprint density at radius 3 is 2.67 bits per heavy atom. The van der Waals surface area contributed by atoms with Crippen molar-refractivity contribution in [3.8, 4) is 11.4 Å². The molecule has 21 heavy (non-hydrogen) atoms. The van der Waals surface area contributed by atoms with E-state index in [0.717, 1.165) is 5.56 Å². The number of aliphatic hydroxyl groups excluding tert-OH is 1.